The maximum absolute atomic E-state index is 12.2. The van der Waals surface area contributed by atoms with E-state index in [0.717, 1.165) is 11.3 Å². The Hall–Kier alpha value is -1.11. The van der Waals surface area contributed by atoms with Gasteiger partial charge in [0.2, 0.25) is 0 Å². The molecule has 0 saturated carbocycles. The largest absolute Gasteiger partial charge is 0.493 e. The van der Waals surface area contributed by atoms with Crippen molar-refractivity contribution in [3.8, 4) is 5.75 Å². The van der Waals surface area contributed by atoms with Crippen LogP contribution in [-0.4, -0.2) is 32.4 Å². The molecule has 1 heterocycles. The van der Waals surface area contributed by atoms with Crippen LogP contribution in [0.25, 0.3) is 0 Å². The van der Waals surface area contributed by atoms with Gasteiger partial charge in [-0.1, -0.05) is 18.2 Å². The summed E-state index contributed by atoms with van der Waals surface area (Å²) in [6.07, 6.45) is 0.641. The maximum Gasteiger partial charge on any atom is 0.279 e. The van der Waals surface area contributed by atoms with E-state index >= 15 is 0 Å². The summed E-state index contributed by atoms with van der Waals surface area (Å²) < 4.78 is 34.1. The highest BCUT2D eigenvalue weighted by Gasteiger charge is 2.28. The van der Waals surface area contributed by atoms with Gasteiger partial charge in [-0.2, -0.15) is 17.4 Å². The first-order chi connectivity index (χ1) is 8.92. The molecule has 19 heavy (non-hydrogen) atoms. The summed E-state index contributed by atoms with van der Waals surface area (Å²) in [7, 11) is -1.89. The summed E-state index contributed by atoms with van der Waals surface area (Å²) in [5.41, 5.74) is 0.898. The van der Waals surface area contributed by atoms with Crippen molar-refractivity contribution < 1.29 is 13.2 Å². The molecule has 0 saturated heterocycles. The highest BCUT2D eigenvalue weighted by atomic mass is 32.2. The van der Waals surface area contributed by atoms with Gasteiger partial charge in [0.1, 0.15) is 5.75 Å². The van der Waals surface area contributed by atoms with Crippen molar-refractivity contribution in [1.82, 2.24) is 9.03 Å². The molecule has 106 valence electrons. The van der Waals surface area contributed by atoms with E-state index in [2.05, 4.69) is 4.72 Å². The maximum atomic E-state index is 12.2. The first kappa shape index (κ1) is 14.3. The van der Waals surface area contributed by atoms with Crippen molar-refractivity contribution in [2.45, 2.75) is 32.4 Å². The average molecular weight is 284 g/mol. The molecular formula is C13H20N2O3S. The van der Waals surface area contributed by atoms with Crippen LogP contribution < -0.4 is 9.46 Å². The molecule has 0 amide bonds. The lowest BCUT2D eigenvalue weighted by Crippen LogP contribution is -2.44. The summed E-state index contributed by atoms with van der Waals surface area (Å²) in [4.78, 5) is 0. The molecule has 1 aromatic rings. The summed E-state index contributed by atoms with van der Waals surface area (Å²) in [6, 6.07) is 7.24. The molecule has 5 nitrogen and oxygen atoms in total. The highest BCUT2D eigenvalue weighted by molar-refractivity contribution is 7.87. The fourth-order valence-corrected chi connectivity index (χ4v) is 3.33. The number of fused-ring (bicyclic) bond motifs is 1. The normalized spacial score (nSPS) is 19.3. The Morgan fingerprint density at radius 1 is 1.37 bits per heavy atom. The van der Waals surface area contributed by atoms with E-state index in [4.69, 9.17) is 4.74 Å². The fraction of sp³-hybridized carbons (Fsp3) is 0.538. The number of nitrogens with one attached hydrogen (secondary N) is 1. The molecule has 1 aliphatic rings. The van der Waals surface area contributed by atoms with Crippen LogP contribution in [0.5, 0.6) is 5.75 Å². The van der Waals surface area contributed by atoms with Crippen molar-refractivity contribution in [2.24, 2.45) is 0 Å². The van der Waals surface area contributed by atoms with Gasteiger partial charge in [0.25, 0.3) is 10.2 Å². The molecule has 0 bridgehead atoms. The zero-order valence-electron chi connectivity index (χ0n) is 11.5. The molecule has 0 aliphatic carbocycles. The quantitative estimate of drug-likeness (QED) is 0.915. The second-order valence-electron chi connectivity index (χ2n) is 4.96. The van der Waals surface area contributed by atoms with E-state index in [9.17, 15) is 8.42 Å². The van der Waals surface area contributed by atoms with Crippen molar-refractivity contribution >= 4 is 10.2 Å². The molecule has 1 atom stereocenters. The number of rotatable bonds is 4. The number of benzene rings is 1. The fourth-order valence-electron chi connectivity index (χ4n) is 2.00. The van der Waals surface area contributed by atoms with Crippen LogP contribution >= 0.6 is 0 Å². The van der Waals surface area contributed by atoms with Gasteiger partial charge < -0.3 is 4.74 Å². The Balaban J connectivity index is 2.22. The third-order valence-corrected chi connectivity index (χ3v) is 5.12. The summed E-state index contributed by atoms with van der Waals surface area (Å²) in [5, 5.41) is 0. The molecule has 0 aromatic heterocycles. The van der Waals surface area contributed by atoms with Gasteiger partial charge in [0, 0.05) is 25.1 Å². The monoisotopic (exact) mass is 284 g/mol. The smallest absolute Gasteiger partial charge is 0.279 e. The van der Waals surface area contributed by atoms with Gasteiger partial charge in [-0.3, -0.25) is 0 Å². The Morgan fingerprint density at radius 3 is 2.74 bits per heavy atom. The van der Waals surface area contributed by atoms with Crippen LogP contribution in [0.15, 0.2) is 24.3 Å². The lowest BCUT2D eigenvalue weighted by atomic mass is 10.0. The van der Waals surface area contributed by atoms with E-state index in [-0.39, 0.29) is 12.1 Å². The van der Waals surface area contributed by atoms with Crippen LogP contribution in [0.1, 0.15) is 31.9 Å². The van der Waals surface area contributed by atoms with Crippen molar-refractivity contribution in [2.75, 3.05) is 13.7 Å². The van der Waals surface area contributed by atoms with Crippen molar-refractivity contribution in [1.29, 1.82) is 0 Å². The van der Waals surface area contributed by atoms with Crippen LogP contribution in [0.4, 0.5) is 0 Å². The second kappa shape index (κ2) is 5.48. The molecule has 6 heteroatoms. The number of para-hydroxylation sites is 1. The van der Waals surface area contributed by atoms with E-state index in [1.54, 1.807) is 7.05 Å². The molecule has 0 spiro atoms. The average Bonchev–Trinajstić information content (AvgIpc) is 2.38. The summed E-state index contributed by atoms with van der Waals surface area (Å²) >= 11 is 0. The van der Waals surface area contributed by atoms with Gasteiger partial charge in [-0.25, -0.2) is 0 Å². The van der Waals surface area contributed by atoms with Crippen LogP contribution in [-0.2, 0) is 10.2 Å². The summed E-state index contributed by atoms with van der Waals surface area (Å²) in [6.45, 7) is 4.21. The lowest BCUT2D eigenvalue weighted by Gasteiger charge is -2.29. The third-order valence-electron chi connectivity index (χ3n) is 3.36. The second-order valence-corrected chi connectivity index (χ2v) is 6.72. The van der Waals surface area contributed by atoms with E-state index in [0.29, 0.717) is 13.0 Å². The number of hydrogen-bond acceptors (Lipinski definition) is 3. The van der Waals surface area contributed by atoms with Gasteiger partial charge >= 0.3 is 0 Å². The molecule has 0 radical (unpaired) electrons. The third kappa shape index (κ3) is 3.08. The predicted molar refractivity (Wildman–Crippen MR) is 74.2 cm³/mol. The minimum atomic E-state index is -3.47. The predicted octanol–water partition coefficient (Wildman–Crippen LogP) is 1.68. The zero-order chi connectivity index (χ0) is 14.0. The van der Waals surface area contributed by atoms with Gasteiger partial charge in [0.05, 0.1) is 12.6 Å². The van der Waals surface area contributed by atoms with Crippen LogP contribution in [0, 0.1) is 0 Å². The van der Waals surface area contributed by atoms with E-state index < -0.39 is 10.2 Å². The number of ether oxygens (including phenoxy) is 1. The Labute approximate surface area is 114 Å². The molecule has 1 N–H and O–H groups in total. The topological polar surface area (TPSA) is 58.6 Å². The first-order valence-corrected chi connectivity index (χ1v) is 7.83. The zero-order valence-corrected chi connectivity index (χ0v) is 12.3. The SMILES string of the molecule is CC(C)N(C)S(=O)(=O)N[C@H]1CCOc2ccccc21. The highest BCUT2D eigenvalue weighted by Crippen LogP contribution is 2.32. The van der Waals surface area contributed by atoms with Gasteiger partial charge in [0.15, 0.2) is 0 Å². The van der Waals surface area contributed by atoms with Crippen LogP contribution in [0.2, 0.25) is 0 Å². The Morgan fingerprint density at radius 2 is 2.05 bits per heavy atom. The first-order valence-electron chi connectivity index (χ1n) is 6.39. The molecule has 0 fully saturated rings. The van der Waals surface area contributed by atoms with Gasteiger partial charge in [-0.05, 0) is 19.9 Å². The lowest BCUT2D eigenvalue weighted by molar-refractivity contribution is 0.261. The Kier molecular flexibility index (Phi) is 4.13. The summed E-state index contributed by atoms with van der Waals surface area (Å²) in [5.74, 6) is 0.758. The minimum absolute atomic E-state index is 0.0763. The molecule has 1 aromatic carbocycles. The van der Waals surface area contributed by atoms with Crippen molar-refractivity contribution in [3.63, 3.8) is 0 Å². The number of hydrogen-bond donors (Lipinski definition) is 1. The standard InChI is InChI=1S/C13H20N2O3S/c1-10(2)15(3)19(16,17)14-12-8-9-18-13-7-5-4-6-11(12)13/h4-7,10,12,14H,8-9H2,1-3H3/t12-/m0/s1. The molecule has 1 aliphatic heterocycles. The molecule has 2 rings (SSSR count). The van der Waals surface area contributed by atoms with E-state index in [1.165, 1.54) is 4.31 Å². The van der Waals surface area contributed by atoms with Crippen molar-refractivity contribution in [3.05, 3.63) is 29.8 Å². The number of nitrogens with zero attached hydrogens (tertiary/aromatic N) is 1. The van der Waals surface area contributed by atoms with Gasteiger partial charge in [-0.15, -0.1) is 0 Å². The minimum Gasteiger partial charge on any atom is -0.493 e. The van der Waals surface area contributed by atoms with Crippen LogP contribution in [0.3, 0.4) is 0 Å². The van der Waals surface area contributed by atoms with E-state index in [1.807, 2.05) is 38.1 Å². The molecule has 0 unspecified atom stereocenters. The molecular weight excluding hydrogens is 264 g/mol. The Bertz CT molecular complexity index is 543.